The van der Waals surface area contributed by atoms with E-state index in [1.54, 1.807) is 4.90 Å². The van der Waals surface area contributed by atoms with E-state index in [1.165, 1.54) is 24.3 Å². The molecule has 142 valence electrons. The van der Waals surface area contributed by atoms with Crippen LogP contribution in [0, 0.1) is 11.2 Å². The van der Waals surface area contributed by atoms with Gasteiger partial charge in [0.15, 0.2) is 0 Å². The standard InChI is InChI=1S/C17H20F4N4S/c1-12(24-14-4-2-3-13(18)11-14)26-15(17(19,20)21)5-6-16(22)25-9-7-23-8-10-25/h2-5,11,22-24H,1,6-10H2/b15-5-,22-16?. The number of nitrogens with one attached hydrogen (secondary N) is 3. The van der Waals surface area contributed by atoms with Gasteiger partial charge >= 0.3 is 6.18 Å². The Morgan fingerprint density at radius 1 is 1.35 bits per heavy atom. The quantitative estimate of drug-likeness (QED) is 0.389. The van der Waals surface area contributed by atoms with Crippen LogP contribution >= 0.6 is 11.8 Å². The number of thioether (sulfide) groups is 1. The van der Waals surface area contributed by atoms with E-state index in [9.17, 15) is 17.6 Å². The van der Waals surface area contributed by atoms with Gasteiger partial charge in [0.1, 0.15) is 5.82 Å². The van der Waals surface area contributed by atoms with E-state index >= 15 is 0 Å². The van der Waals surface area contributed by atoms with Gasteiger partial charge in [0, 0.05) is 38.3 Å². The lowest BCUT2D eigenvalue weighted by atomic mass is 10.2. The Kier molecular flexibility index (Phi) is 7.10. The summed E-state index contributed by atoms with van der Waals surface area (Å²) < 4.78 is 52.9. The molecule has 0 atom stereocenters. The average molecular weight is 388 g/mol. The molecule has 0 bridgehead atoms. The number of piperazine rings is 1. The van der Waals surface area contributed by atoms with Crippen molar-refractivity contribution in [3.63, 3.8) is 0 Å². The summed E-state index contributed by atoms with van der Waals surface area (Å²) in [6.07, 6.45) is -3.68. The highest BCUT2D eigenvalue weighted by atomic mass is 32.2. The predicted molar refractivity (Wildman–Crippen MR) is 97.7 cm³/mol. The van der Waals surface area contributed by atoms with Crippen molar-refractivity contribution in [3.05, 3.63) is 52.7 Å². The number of anilines is 1. The Bertz CT molecular complexity index is 682. The van der Waals surface area contributed by atoms with E-state index in [4.69, 9.17) is 5.41 Å². The van der Waals surface area contributed by atoms with Gasteiger partial charge in [0.25, 0.3) is 0 Å². The molecule has 26 heavy (non-hydrogen) atoms. The van der Waals surface area contributed by atoms with Crippen LogP contribution in [0.1, 0.15) is 6.42 Å². The second-order valence-corrected chi connectivity index (χ2v) is 6.75. The van der Waals surface area contributed by atoms with Gasteiger partial charge in [-0.2, -0.15) is 13.2 Å². The normalized spacial score (nSPS) is 15.7. The maximum absolute atomic E-state index is 13.3. The van der Waals surface area contributed by atoms with Crippen LogP contribution in [0.15, 0.2) is 46.9 Å². The van der Waals surface area contributed by atoms with Crippen molar-refractivity contribution in [2.24, 2.45) is 0 Å². The topological polar surface area (TPSA) is 51.2 Å². The molecule has 4 nitrogen and oxygen atoms in total. The van der Waals surface area contributed by atoms with E-state index < -0.39 is 16.9 Å². The minimum absolute atomic E-state index is 0.0212. The highest BCUT2D eigenvalue weighted by Gasteiger charge is 2.34. The molecule has 0 aliphatic carbocycles. The van der Waals surface area contributed by atoms with Crippen molar-refractivity contribution in [2.45, 2.75) is 12.6 Å². The zero-order chi connectivity index (χ0) is 19.2. The van der Waals surface area contributed by atoms with Crippen LogP contribution in [-0.2, 0) is 0 Å². The highest BCUT2D eigenvalue weighted by Crippen LogP contribution is 2.38. The van der Waals surface area contributed by atoms with Gasteiger partial charge < -0.3 is 15.5 Å². The molecule has 1 aliphatic heterocycles. The van der Waals surface area contributed by atoms with Gasteiger partial charge in [-0.3, -0.25) is 5.41 Å². The summed E-state index contributed by atoms with van der Waals surface area (Å²) in [5, 5.41) is 13.8. The van der Waals surface area contributed by atoms with Crippen molar-refractivity contribution < 1.29 is 17.6 Å². The molecule has 0 amide bonds. The molecule has 2 rings (SSSR count). The van der Waals surface area contributed by atoms with Crippen LogP contribution < -0.4 is 10.6 Å². The predicted octanol–water partition coefficient (Wildman–Crippen LogP) is 4.16. The van der Waals surface area contributed by atoms with E-state index in [0.29, 0.717) is 43.6 Å². The second kappa shape index (κ2) is 9.09. The van der Waals surface area contributed by atoms with Gasteiger partial charge in [-0.05, 0) is 18.2 Å². The van der Waals surface area contributed by atoms with Gasteiger partial charge in [-0.25, -0.2) is 4.39 Å². The smallest absolute Gasteiger partial charge is 0.358 e. The van der Waals surface area contributed by atoms with Gasteiger partial charge in [0.2, 0.25) is 0 Å². The van der Waals surface area contributed by atoms with E-state index in [1.807, 2.05) is 0 Å². The molecule has 0 spiro atoms. The summed E-state index contributed by atoms with van der Waals surface area (Å²) in [5.74, 6) is -0.346. The summed E-state index contributed by atoms with van der Waals surface area (Å²) >= 11 is 0.422. The first-order valence-corrected chi connectivity index (χ1v) is 8.77. The summed E-state index contributed by atoms with van der Waals surface area (Å²) in [6.45, 7) is 6.20. The Labute approximate surface area is 153 Å². The molecule has 0 saturated carbocycles. The Morgan fingerprint density at radius 3 is 2.65 bits per heavy atom. The number of nitrogens with zero attached hydrogens (tertiary/aromatic N) is 1. The SMILES string of the molecule is C=C(Nc1cccc(F)c1)S/C(=C\CC(=N)N1CCNCC1)C(F)(F)F. The van der Waals surface area contributed by atoms with Crippen LogP contribution in [0.4, 0.5) is 23.2 Å². The lowest BCUT2D eigenvalue weighted by Gasteiger charge is -2.29. The first-order chi connectivity index (χ1) is 12.3. The minimum atomic E-state index is -4.55. The maximum Gasteiger partial charge on any atom is 0.422 e. The number of rotatable bonds is 6. The molecular formula is C17H20F4N4S. The molecule has 3 N–H and O–H groups in total. The number of hydrogen-bond acceptors (Lipinski definition) is 4. The number of amidine groups is 1. The van der Waals surface area contributed by atoms with E-state index in [0.717, 1.165) is 6.08 Å². The van der Waals surface area contributed by atoms with Gasteiger partial charge in [-0.15, -0.1) is 0 Å². The fraction of sp³-hybridized carbons (Fsp3) is 0.353. The van der Waals surface area contributed by atoms with Crippen LogP contribution in [0.3, 0.4) is 0 Å². The summed E-state index contributed by atoms with van der Waals surface area (Å²) in [4.78, 5) is 0.900. The fourth-order valence-electron chi connectivity index (χ4n) is 2.35. The zero-order valence-corrected chi connectivity index (χ0v) is 14.8. The van der Waals surface area contributed by atoms with Crippen molar-refractivity contribution in [1.29, 1.82) is 5.41 Å². The van der Waals surface area contributed by atoms with Crippen LogP contribution in [0.5, 0.6) is 0 Å². The van der Waals surface area contributed by atoms with E-state index in [2.05, 4.69) is 17.2 Å². The fourth-order valence-corrected chi connectivity index (χ4v) is 3.07. The first-order valence-electron chi connectivity index (χ1n) is 7.95. The molecule has 1 saturated heterocycles. The van der Waals surface area contributed by atoms with Crippen molar-refractivity contribution in [2.75, 3.05) is 31.5 Å². The van der Waals surface area contributed by atoms with Crippen LogP contribution in [-0.4, -0.2) is 43.1 Å². The molecule has 0 unspecified atom stereocenters. The molecule has 1 heterocycles. The average Bonchev–Trinajstić information content (AvgIpc) is 2.58. The molecule has 9 heteroatoms. The number of allylic oxidation sites excluding steroid dienone is 1. The zero-order valence-electron chi connectivity index (χ0n) is 14.0. The Hall–Kier alpha value is -2.00. The third-order valence-electron chi connectivity index (χ3n) is 3.60. The van der Waals surface area contributed by atoms with Gasteiger partial charge in [-0.1, -0.05) is 30.5 Å². The summed E-state index contributed by atoms with van der Waals surface area (Å²) in [5.41, 5.74) is 0.317. The third-order valence-corrected chi connectivity index (χ3v) is 4.57. The Morgan fingerprint density at radius 2 is 2.04 bits per heavy atom. The molecular weight excluding hydrogens is 368 g/mol. The molecule has 1 aromatic rings. The van der Waals surface area contributed by atoms with Crippen molar-refractivity contribution in [1.82, 2.24) is 10.2 Å². The second-order valence-electron chi connectivity index (χ2n) is 5.61. The summed E-state index contributed by atoms with van der Waals surface area (Å²) in [6, 6.07) is 5.39. The third kappa shape index (κ3) is 6.38. The van der Waals surface area contributed by atoms with E-state index in [-0.39, 0.29) is 17.3 Å². The van der Waals surface area contributed by atoms with Crippen molar-refractivity contribution in [3.8, 4) is 0 Å². The summed E-state index contributed by atoms with van der Waals surface area (Å²) in [7, 11) is 0. The molecule has 1 fully saturated rings. The number of alkyl halides is 3. The van der Waals surface area contributed by atoms with Crippen LogP contribution in [0.2, 0.25) is 0 Å². The van der Waals surface area contributed by atoms with Gasteiger partial charge in [0.05, 0.1) is 15.8 Å². The Balaban J connectivity index is 1.99. The first kappa shape index (κ1) is 20.3. The lowest BCUT2D eigenvalue weighted by molar-refractivity contribution is -0.0837. The number of benzene rings is 1. The van der Waals surface area contributed by atoms with Crippen LogP contribution in [0.25, 0.3) is 0 Å². The highest BCUT2D eigenvalue weighted by molar-refractivity contribution is 8.06. The minimum Gasteiger partial charge on any atom is -0.358 e. The molecule has 0 radical (unpaired) electrons. The monoisotopic (exact) mass is 388 g/mol. The lowest BCUT2D eigenvalue weighted by Crippen LogP contribution is -2.46. The maximum atomic E-state index is 13.3. The largest absolute Gasteiger partial charge is 0.422 e. The number of halogens is 4. The molecule has 0 aromatic heterocycles. The van der Waals surface area contributed by atoms with Crippen molar-refractivity contribution >= 4 is 23.3 Å². The number of hydrogen-bond donors (Lipinski definition) is 3. The molecule has 1 aliphatic rings. The molecule has 1 aromatic carbocycles.